The van der Waals surface area contributed by atoms with E-state index < -0.39 is 26.5 Å². The first-order valence-electron chi connectivity index (χ1n) is 13.0. The molecule has 0 aliphatic carbocycles. The molecule has 0 bridgehead atoms. The third-order valence-corrected chi connectivity index (χ3v) is 10.2. The molecule has 0 radical (unpaired) electrons. The van der Waals surface area contributed by atoms with Gasteiger partial charge in [-0.2, -0.15) is 4.31 Å². The number of carbonyl (C=O) groups excluding carboxylic acids is 2. The van der Waals surface area contributed by atoms with Crippen molar-refractivity contribution in [3.05, 3.63) is 71.0 Å². The van der Waals surface area contributed by atoms with Crippen molar-refractivity contribution in [1.29, 1.82) is 0 Å². The molecule has 10 heteroatoms. The Hall–Kier alpha value is -2.82. The lowest BCUT2D eigenvalue weighted by Gasteiger charge is -2.38. The van der Waals surface area contributed by atoms with Gasteiger partial charge in [-0.3, -0.25) is 9.59 Å². The molecule has 2 fully saturated rings. The van der Waals surface area contributed by atoms with Gasteiger partial charge in [-0.1, -0.05) is 42.5 Å². The summed E-state index contributed by atoms with van der Waals surface area (Å²) in [5.41, 5.74) is 0.449. The second-order valence-corrected chi connectivity index (χ2v) is 12.5. The van der Waals surface area contributed by atoms with Gasteiger partial charge in [0.25, 0.3) is 0 Å². The lowest BCUT2D eigenvalue weighted by Crippen LogP contribution is -2.50. The van der Waals surface area contributed by atoms with Crippen LogP contribution < -0.4 is 5.32 Å². The van der Waals surface area contributed by atoms with Gasteiger partial charge in [-0.15, -0.1) is 0 Å². The molecular weight excluding hydrogens is 509 g/mol. The maximum atomic E-state index is 15.6. The highest BCUT2D eigenvalue weighted by molar-refractivity contribution is 7.89. The summed E-state index contributed by atoms with van der Waals surface area (Å²) in [5, 5.41) is 2.05. The molecule has 2 aliphatic heterocycles. The number of halogens is 1. The van der Waals surface area contributed by atoms with Crippen LogP contribution >= 0.6 is 0 Å². The Morgan fingerprint density at radius 3 is 2.42 bits per heavy atom. The van der Waals surface area contributed by atoms with Crippen molar-refractivity contribution < 1.29 is 27.1 Å². The van der Waals surface area contributed by atoms with E-state index in [1.54, 1.807) is 26.2 Å². The Morgan fingerprint density at radius 2 is 1.79 bits per heavy atom. The van der Waals surface area contributed by atoms with Crippen LogP contribution in [-0.4, -0.2) is 69.3 Å². The van der Waals surface area contributed by atoms with E-state index in [4.69, 9.17) is 4.74 Å². The van der Waals surface area contributed by atoms with E-state index in [2.05, 4.69) is 5.32 Å². The number of likely N-dealkylation sites (N-methyl/N-ethyl adjacent to an activating group) is 1. The van der Waals surface area contributed by atoms with Gasteiger partial charge in [0.05, 0.1) is 12.0 Å². The van der Waals surface area contributed by atoms with Crippen LogP contribution in [0.25, 0.3) is 0 Å². The molecule has 38 heavy (non-hydrogen) atoms. The third-order valence-electron chi connectivity index (χ3n) is 7.81. The number of hydrogen-bond acceptors (Lipinski definition) is 5. The molecule has 0 aromatic heterocycles. The Balaban J connectivity index is 1.59. The van der Waals surface area contributed by atoms with Gasteiger partial charge in [0.1, 0.15) is 11.1 Å². The number of carbonyl (C=O) groups is 2. The second-order valence-electron chi connectivity index (χ2n) is 10.4. The van der Waals surface area contributed by atoms with Gasteiger partial charge in [-0.25, -0.2) is 12.8 Å². The van der Waals surface area contributed by atoms with E-state index in [0.717, 1.165) is 5.56 Å². The highest BCUT2D eigenvalue weighted by Crippen LogP contribution is 2.39. The van der Waals surface area contributed by atoms with Crippen molar-refractivity contribution in [1.82, 2.24) is 14.5 Å². The zero-order chi connectivity index (χ0) is 27.5. The van der Waals surface area contributed by atoms with Crippen LogP contribution in [0, 0.1) is 5.82 Å². The van der Waals surface area contributed by atoms with E-state index in [0.29, 0.717) is 44.5 Å². The molecule has 2 atom stereocenters. The minimum atomic E-state index is -3.71. The van der Waals surface area contributed by atoms with Gasteiger partial charge in [-0.05, 0) is 49.8 Å². The molecule has 2 heterocycles. The van der Waals surface area contributed by atoms with Gasteiger partial charge in [0.15, 0.2) is 0 Å². The highest BCUT2D eigenvalue weighted by Gasteiger charge is 2.43. The number of nitrogens with one attached hydrogen (secondary N) is 1. The van der Waals surface area contributed by atoms with Gasteiger partial charge in [0, 0.05) is 45.5 Å². The molecule has 0 saturated carbocycles. The molecule has 2 aromatic carbocycles. The lowest BCUT2D eigenvalue weighted by molar-refractivity contribution is -0.135. The average Bonchev–Trinajstić information content (AvgIpc) is 2.90. The van der Waals surface area contributed by atoms with Crippen LogP contribution in [0.2, 0.25) is 0 Å². The molecule has 2 aromatic rings. The van der Waals surface area contributed by atoms with E-state index >= 15 is 4.39 Å². The Labute approximate surface area is 224 Å². The predicted octanol–water partition coefficient (Wildman–Crippen LogP) is 3.13. The monoisotopic (exact) mass is 545 g/mol. The smallest absolute Gasteiger partial charge is 0.241 e. The largest absolute Gasteiger partial charge is 0.381 e. The Kier molecular flexibility index (Phi) is 8.54. The molecule has 0 spiro atoms. The molecule has 2 unspecified atom stereocenters. The minimum Gasteiger partial charge on any atom is -0.381 e. The molecule has 2 amide bonds. The van der Waals surface area contributed by atoms with E-state index in [1.807, 2.05) is 37.3 Å². The van der Waals surface area contributed by atoms with Crippen LogP contribution in [0.5, 0.6) is 0 Å². The minimum absolute atomic E-state index is 0.0847. The summed E-state index contributed by atoms with van der Waals surface area (Å²) < 4.78 is 49.6. The van der Waals surface area contributed by atoms with Gasteiger partial charge < -0.3 is 15.0 Å². The maximum absolute atomic E-state index is 15.6. The van der Waals surface area contributed by atoms with Crippen LogP contribution in [0.15, 0.2) is 48.5 Å². The summed E-state index contributed by atoms with van der Waals surface area (Å²) in [5.74, 6) is -1.15. The fourth-order valence-electron chi connectivity index (χ4n) is 5.34. The summed E-state index contributed by atoms with van der Waals surface area (Å²) in [4.78, 5) is 26.7. The van der Waals surface area contributed by atoms with Crippen molar-refractivity contribution in [3.8, 4) is 0 Å². The second kappa shape index (κ2) is 11.5. The fourth-order valence-corrected chi connectivity index (χ4v) is 7.53. The highest BCUT2D eigenvalue weighted by atomic mass is 32.2. The first-order chi connectivity index (χ1) is 18.1. The maximum Gasteiger partial charge on any atom is 0.241 e. The summed E-state index contributed by atoms with van der Waals surface area (Å²) in [6.07, 6.45) is 1.89. The topological polar surface area (TPSA) is 96.0 Å². The number of hydrogen-bond donors (Lipinski definition) is 1. The number of benzene rings is 2. The number of nitrogens with zero attached hydrogens (tertiary/aromatic N) is 2. The Morgan fingerprint density at radius 1 is 1.11 bits per heavy atom. The molecule has 206 valence electrons. The molecule has 8 nitrogen and oxygen atoms in total. The fraction of sp³-hybridized carbons (Fsp3) is 0.500. The van der Waals surface area contributed by atoms with Crippen LogP contribution in [-0.2, 0) is 36.3 Å². The van der Waals surface area contributed by atoms with Crippen molar-refractivity contribution in [3.63, 3.8) is 0 Å². The van der Waals surface area contributed by atoms with Crippen LogP contribution in [0.1, 0.15) is 54.5 Å². The lowest BCUT2D eigenvalue weighted by atomic mass is 9.73. The SMILES string of the molecule is CC1CCC(c2ccccc2)S(=O)(=O)N1Cc1ccc(C2(C(=O)NCC(=O)N(C)C)CCOCC2)cc1F. The van der Waals surface area contributed by atoms with Crippen molar-refractivity contribution in [2.24, 2.45) is 0 Å². The summed E-state index contributed by atoms with van der Waals surface area (Å²) >= 11 is 0. The number of sulfonamides is 1. The standard InChI is InChI=1S/C28H36FN3O5S/c1-20-9-12-25(21-7-5-4-6-8-21)38(35,36)32(20)19-22-10-11-23(17-24(22)29)28(13-15-37-16-14-28)27(34)30-18-26(33)31(2)3/h4-8,10-11,17,20,25H,9,12-16,18-19H2,1-3H3,(H,30,34). The summed E-state index contributed by atoms with van der Waals surface area (Å²) in [7, 11) is -0.491. The zero-order valence-corrected chi connectivity index (χ0v) is 23.0. The number of amides is 2. The Bertz CT molecular complexity index is 1260. The van der Waals surface area contributed by atoms with Crippen molar-refractivity contribution >= 4 is 21.8 Å². The summed E-state index contributed by atoms with van der Waals surface area (Å²) in [6, 6.07) is 13.5. The number of ether oxygens (including phenoxy) is 1. The van der Waals surface area contributed by atoms with E-state index in [-0.39, 0.29) is 36.5 Å². The van der Waals surface area contributed by atoms with E-state index in [9.17, 15) is 18.0 Å². The van der Waals surface area contributed by atoms with Gasteiger partial charge >= 0.3 is 0 Å². The third kappa shape index (κ3) is 5.62. The van der Waals surface area contributed by atoms with Crippen molar-refractivity contribution in [2.45, 2.75) is 55.9 Å². The zero-order valence-electron chi connectivity index (χ0n) is 22.2. The average molecular weight is 546 g/mol. The molecule has 2 aliphatic rings. The first-order valence-corrected chi connectivity index (χ1v) is 14.5. The summed E-state index contributed by atoms with van der Waals surface area (Å²) in [6.45, 7) is 2.29. The molecule has 1 N–H and O–H groups in total. The van der Waals surface area contributed by atoms with Crippen molar-refractivity contribution in [2.75, 3.05) is 33.9 Å². The van der Waals surface area contributed by atoms with Gasteiger partial charge in [0.2, 0.25) is 21.8 Å². The molecule has 4 rings (SSSR count). The number of rotatable bonds is 7. The normalized spacial score (nSPS) is 22.9. The van der Waals surface area contributed by atoms with E-state index in [1.165, 1.54) is 15.3 Å². The molecule has 2 saturated heterocycles. The quantitative estimate of drug-likeness (QED) is 0.577. The molecular formula is C28H36FN3O5S. The van der Waals surface area contributed by atoms with Crippen LogP contribution in [0.3, 0.4) is 0 Å². The van der Waals surface area contributed by atoms with Crippen LogP contribution in [0.4, 0.5) is 4.39 Å². The first kappa shape index (κ1) is 28.2. The predicted molar refractivity (Wildman–Crippen MR) is 142 cm³/mol.